The number of amides is 1. The van der Waals surface area contributed by atoms with Gasteiger partial charge in [-0.2, -0.15) is 0 Å². The van der Waals surface area contributed by atoms with Crippen molar-refractivity contribution in [2.75, 3.05) is 20.1 Å². The number of carbonyl (C=O) groups is 1. The van der Waals surface area contributed by atoms with Gasteiger partial charge in [-0.3, -0.25) is 9.69 Å². The third-order valence-corrected chi connectivity index (χ3v) is 6.23. The van der Waals surface area contributed by atoms with Gasteiger partial charge in [-0.05, 0) is 59.7 Å². The fraction of sp³-hybridized carbons (Fsp3) is 0.409. The lowest BCUT2D eigenvalue weighted by Gasteiger charge is -2.38. The molecule has 1 heterocycles. The molecule has 1 aliphatic heterocycles. The van der Waals surface area contributed by atoms with Gasteiger partial charge in [0, 0.05) is 26.7 Å². The quantitative estimate of drug-likeness (QED) is 0.712. The maximum absolute atomic E-state index is 11.7. The van der Waals surface area contributed by atoms with Gasteiger partial charge in [0.05, 0.1) is 16.0 Å². The normalized spacial score (nSPS) is 17.2. The summed E-state index contributed by atoms with van der Waals surface area (Å²) in [5.74, 6) is 1.79. The molecule has 1 saturated carbocycles. The predicted octanol–water partition coefficient (Wildman–Crippen LogP) is 4.63. The summed E-state index contributed by atoms with van der Waals surface area (Å²) in [4.78, 5) is 14.0. The van der Waals surface area contributed by atoms with Crippen LogP contribution in [-0.4, -0.2) is 30.9 Å². The van der Waals surface area contributed by atoms with Crippen molar-refractivity contribution in [2.45, 2.75) is 31.9 Å². The van der Waals surface area contributed by atoms with Gasteiger partial charge in [-0.15, -0.1) is 0 Å². The second kappa shape index (κ2) is 8.32. The summed E-state index contributed by atoms with van der Waals surface area (Å²) in [6.45, 7) is 3.02. The summed E-state index contributed by atoms with van der Waals surface area (Å²) in [6.07, 6.45) is 2.48. The van der Waals surface area contributed by atoms with E-state index in [0.717, 1.165) is 30.9 Å². The average Bonchev–Trinajstić information content (AvgIpc) is 3.50. The van der Waals surface area contributed by atoms with Gasteiger partial charge in [0.2, 0.25) is 5.91 Å². The molecule has 0 radical (unpaired) electrons. The Balaban J connectivity index is 1.40. The summed E-state index contributed by atoms with van der Waals surface area (Å²) in [7, 11) is 1.70. The van der Waals surface area contributed by atoms with Crippen LogP contribution in [-0.2, 0) is 17.9 Å². The van der Waals surface area contributed by atoms with Crippen LogP contribution in [0.2, 0.25) is 10.0 Å². The molecule has 0 atom stereocenters. The number of ether oxygens (including phenoxy) is 1. The monoisotopic (exact) mass is 418 g/mol. The Morgan fingerprint density at radius 1 is 1.14 bits per heavy atom. The van der Waals surface area contributed by atoms with Crippen LogP contribution in [0.25, 0.3) is 0 Å². The highest BCUT2D eigenvalue weighted by Crippen LogP contribution is 2.43. The van der Waals surface area contributed by atoms with Crippen molar-refractivity contribution in [3.8, 4) is 5.75 Å². The van der Waals surface area contributed by atoms with Crippen LogP contribution in [0, 0.1) is 5.92 Å². The molecule has 1 saturated heterocycles. The van der Waals surface area contributed by atoms with E-state index in [2.05, 4.69) is 22.3 Å². The zero-order valence-electron chi connectivity index (χ0n) is 15.9. The van der Waals surface area contributed by atoms with Crippen LogP contribution in [0.1, 0.15) is 35.4 Å². The first-order valence-corrected chi connectivity index (χ1v) is 10.4. The molecule has 0 aromatic heterocycles. The number of hydrogen-bond acceptors (Lipinski definition) is 3. The van der Waals surface area contributed by atoms with Gasteiger partial charge in [-0.1, -0.05) is 35.3 Å². The summed E-state index contributed by atoms with van der Waals surface area (Å²) in [6, 6.07) is 11.9. The van der Waals surface area contributed by atoms with E-state index in [1.54, 1.807) is 13.1 Å². The first-order valence-electron chi connectivity index (χ1n) is 9.67. The lowest BCUT2D eigenvalue weighted by molar-refractivity contribution is -0.129. The number of rotatable bonds is 7. The maximum atomic E-state index is 11.7. The molecule has 2 aliphatic rings. The third-order valence-electron chi connectivity index (χ3n) is 5.49. The van der Waals surface area contributed by atoms with Crippen molar-refractivity contribution >= 4 is 29.1 Å². The molecule has 28 heavy (non-hydrogen) atoms. The number of hydrogen-bond donors (Lipinski definition) is 1. The molecule has 148 valence electrons. The van der Waals surface area contributed by atoms with E-state index in [1.807, 2.05) is 18.2 Å². The Bertz CT molecular complexity index is 877. The minimum absolute atomic E-state index is 0.128. The van der Waals surface area contributed by atoms with E-state index in [-0.39, 0.29) is 11.8 Å². The molecule has 6 heteroatoms. The van der Waals surface area contributed by atoms with Crippen LogP contribution in [0.15, 0.2) is 36.4 Å². The van der Waals surface area contributed by atoms with Gasteiger partial charge < -0.3 is 10.1 Å². The Morgan fingerprint density at radius 3 is 2.61 bits per heavy atom. The minimum atomic E-state index is 0.128. The molecule has 1 N–H and O–H groups in total. The largest absolute Gasteiger partial charge is 0.489 e. The molecule has 0 unspecified atom stereocenters. The highest BCUT2D eigenvalue weighted by Gasteiger charge is 2.33. The van der Waals surface area contributed by atoms with Crippen LogP contribution in [0.4, 0.5) is 0 Å². The molecular weight excluding hydrogens is 395 g/mol. The lowest BCUT2D eigenvalue weighted by Crippen LogP contribution is -2.52. The number of halogens is 2. The van der Waals surface area contributed by atoms with Gasteiger partial charge in [0.25, 0.3) is 0 Å². The number of carbonyl (C=O) groups excluding carboxylic acids is 1. The Kier molecular flexibility index (Phi) is 5.81. The fourth-order valence-electron chi connectivity index (χ4n) is 3.69. The second-order valence-electron chi connectivity index (χ2n) is 7.68. The van der Waals surface area contributed by atoms with E-state index in [1.165, 1.54) is 24.0 Å². The van der Waals surface area contributed by atoms with Gasteiger partial charge >= 0.3 is 0 Å². The first-order chi connectivity index (χ1) is 13.5. The van der Waals surface area contributed by atoms with Gasteiger partial charge in [0.1, 0.15) is 12.4 Å². The zero-order chi connectivity index (χ0) is 19.7. The summed E-state index contributed by atoms with van der Waals surface area (Å²) < 4.78 is 6.00. The highest BCUT2D eigenvalue weighted by atomic mass is 35.5. The van der Waals surface area contributed by atoms with E-state index < -0.39 is 0 Å². The summed E-state index contributed by atoms with van der Waals surface area (Å²) in [5, 5.41) is 3.83. The SMILES string of the molecule is CNC(=O)C1CN(Cc2ccc(OCc3ccc(Cl)c(Cl)c3)cc2C2CC2)C1. The molecule has 0 spiro atoms. The van der Waals surface area contributed by atoms with Crippen molar-refractivity contribution < 1.29 is 9.53 Å². The molecule has 1 amide bonds. The minimum Gasteiger partial charge on any atom is -0.489 e. The second-order valence-corrected chi connectivity index (χ2v) is 8.49. The van der Waals surface area contributed by atoms with Crippen molar-refractivity contribution in [3.05, 3.63) is 63.1 Å². The van der Waals surface area contributed by atoms with Crippen LogP contribution in [0.5, 0.6) is 5.75 Å². The number of nitrogens with one attached hydrogen (secondary N) is 1. The van der Waals surface area contributed by atoms with E-state index in [0.29, 0.717) is 22.6 Å². The molecule has 4 nitrogen and oxygen atoms in total. The van der Waals surface area contributed by atoms with E-state index >= 15 is 0 Å². The molecule has 0 bridgehead atoms. The smallest absolute Gasteiger partial charge is 0.225 e. The molecule has 4 rings (SSSR count). The predicted molar refractivity (Wildman–Crippen MR) is 112 cm³/mol. The third kappa shape index (κ3) is 4.45. The van der Waals surface area contributed by atoms with E-state index in [9.17, 15) is 4.79 Å². The van der Waals surface area contributed by atoms with Crippen molar-refractivity contribution in [1.29, 1.82) is 0 Å². The first kappa shape index (κ1) is 19.6. The van der Waals surface area contributed by atoms with Crippen LogP contribution >= 0.6 is 23.2 Å². The molecule has 2 aromatic rings. The zero-order valence-corrected chi connectivity index (χ0v) is 17.4. The fourth-order valence-corrected chi connectivity index (χ4v) is 4.01. The molecular formula is C22H24Cl2N2O2. The van der Waals surface area contributed by atoms with Crippen LogP contribution in [0.3, 0.4) is 0 Å². The average molecular weight is 419 g/mol. The topological polar surface area (TPSA) is 41.6 Å². The maximum Gasteiger partial charge on any atom is 0.225 e. The van der Waals surface area contributed by atoms with Crippen LogP contribution < -0.4 is 10.1 Å². The van der Waals surface area contributed by atoms with Crippen molar-refractivity contribution in [1.82, 2.24) is 10.2 Å². The molecule has 2 aromatic carbocycles. The van der Waals surface area contributed by atoms with Crippen molar-refractivity contribution in [3.63, 3.8) is 0 Å². The Hall–Kier alpha value is -1.75. The summed E-state index contributed by atoms with van der Waals surface area (Å²) in [5.41, 5.74) is 3.72. The van der Waals surface area contributed by atoms with Gasteiger partial charge in [-0.25, -0.2) is 0 Å². The highest BCUT2D eigenvalue weighted by molar-refractivity contribution is 6.42. The Labute approximate surface area is 175 Å². The van der Waals surface area contributed by atoms with Crippen molar-refractivity contribution in [2.24, 2.45) is 5.92 Å². The standard InChI is InChI=1S/C22H24Cl2N2O2/c1-25-22(27)17-11-26(12-17)10-16-5-6-18(9-19(16)15-3-4-15)28-13-14-2-7-20(23)21(24)8-14/h2,5-9,15,17H,3-4,10-13H2,1H3,(H,25,27). The lowest BCUT2D eigenvalue weighted by atomic mass is 9.96. The number of likely N-dealkylation sites (tertiary alicyclic amines) is 1. The summed E-state index contributed by atoms with van der Waals surface area (Å²) >= 11 is 12.1. The molecule has 2 fully saturated rings. The Morgan fingerprint density at radius 2 is 1.93 bits per heavy atom. The number of nitrogens with zero attached hydrogens (tertiary/aromatic N) is 1. The van der Waals surface area contributed by atoms with E-state index in [4.69, 9.17) is 27.9 Å². The molecule has 1 aliphatic carbocycles. The number of benzene rings is 2. The van der Waals surface area contributed by atoms with Gasteiger partial charge in [0.15, 0.2) is 0 Å².